The first-order valence-corrected chi connectivity index (χ1v) is 10.6. The van der Waals surface area contributed by atoms with E-state index in [0.717, 1.165) is 6.42 Å². The normalized spacial score (nSPS) is 20.4. The summed E-state index contributed by atoms with van der Waals surface area (Å²) in [7, 11) is 0. The lowest BCUT2D eigenvalue weighted by atomic mass is 10.1. The molecule has 2 aromatic heterocycles. The van der Waals surface area contributed by atoms with Crippen molar-refractivity contribution in [2.24, 2.45) is 0 Å². The van der Waals surface area contributed by atoms with Crippen LogP contribution in [0.25, 0.3) is 5.57 Å². The van der Waals surface area contributed by atoms with E-state index < -0.39 is 12.1 Å². The molecule has 0 bridgehead atoms. The first-order chi connectivity index (χ1) is 12.5. The Morgan fingerprint density at radius 3 is 2.38 bits per heavy atom. The van der Waals surface area contributed by atoms with E-state index in [0.29, 0.717) is 19.5 Å². The predicted molar refractivity (Wildman–Crippen MR) is 107 cm³/mol. The zero-order valence-corrected chi connectivity index (χ0v) is 16.7. The summed E-state index contributed by atoms with van der Waals surface area (Å²) in [6.07, 6.45) is 2.46. The van der Waals surface area contributed by atoms with Gasteiger partial charge in [0.1, 0.15) is 6.17 Å². The fourth-order valence-corrected chi connectivity index (χ4v) is 5.58. The summed E-state index contributed by atoms with van der Waals surface area (Å²) in [6, 6.07) is 4.08. The molecule has 1 N–H and O–H groups in total. The second-order valence-corrected chi connectivity index (χ2v) is 8.68. The molecule has 26 heavy (non-hydrogen) atoms. The molecular formula is C20H24FNO2S2. The molecule has 1 saturated heterocycles. The number of aryl methyl sites for hydroxylation is 2. The van der Waals surface area contributed by atoms with Gasteiger partial charge in [-0.25, -0.2) is 4.39 Å². The molecule has 0 aliphatic carbocycles. The third-order valence-corrected chi connectivity index (χ3v) is 6.96. The Bertz CT molecular complexity index is 753. The van der Waals surface area contributed by atoms with Crippen molar-refractivity contribution in [2.75, 3.05) is 13.1 Å². The first kappa shape index (κ1) is 19.3. The maximum atomic E-state index is 13.8. The Kier molecular flexibility index (Phi) is 6.27. The largest absolute Gasteiger partial charge is 0.481 e. The number of carbonyl (C=O) groups is 1. The minimum atomic E-state index is -0.915. The average Bonchev–Trinajstić information content (AvgIpc) is 3.26. The van der Waals surface area contributed by atoms with Crippen LogP contribution in [-0.4, -0.2) is 41.3 Å². The second-order valence-electron chi connectivity index (χ2n) is 6.85. The van der Waals surface area contributed by atoms with Crippen molar-refractivity contribution in [1.82, 2.24) is 4.90 Å². The second kappa shape index (κ2) is 8.46. The number of carboxylic acids is 1. The van der Waals surface area contributed by atoms with Crippen LogP contribution in [-0.2, 0) is 4.79 Å². The van der Waals surface area contributed by atoms with Crippen molar-refractivity contribution in [1.29, 1.82) is 0 Å². The molecule has 0 spiro atoms. The summed E-state index contributed by atoms with van der Waals surface area (Å²) in [5, 5.41) is 13.3. The van der Waals surface area contributed by atoms with E-state index in [2.05, 4.69) is 42.8 Å². The van der Waals surface area contributed by atoms with Crippen LogP contribution in [0.3, 0.4) is 0 Å². The van der Waals surface area contributed by atoms with Crippen LogP contribution in [0.1, 0.15) is 40.1 Å². The molecule has 3 nitrogen and oxygen atoms in total. The van der Waals surface area contributed by atoms with Crippen molar-refractivity contribution < 1.29 is 14.3 Å². The molecule has 2 aromatic rings. The smallest absolute Gasteiger partial charge is 0.304 e. The van der Waals surface area contributed by atoms with E-state index >= 15 is 0 Å². The fourth-order valence-electron chi connectivity index (χ4n) is 3.57. The number of rotatable bonds is 7. The summed E-state index contributed by atoms with van der Waals surface area (Å²) in [4.78, 5) is 15.6. The number of aliphatic carboxylic acids is 1. The Morgan fingerprint density at radius 2 is 1.88 bits per heavy atom. The lowest BCUT2D eigenvalue weighted by molar-refractivity contribution is -0.138. The van der Waals surface area contributed by atoms with Gasteiger partial charge in [-0.15, -0.1) is 22.7 Å². The van der Waals surface area contributed by atoms with Crippen molar-refractivity contribution in [3.63, 3.8) is 0 Å². The highest BCUT2D eigenvalue weighted by Crippen LogP contribution is 2.35. The van der Waals surface area contributed by atoms with Crippen LogP contribution < -0.4 is 0 Å². The molecule has 0 radical (unpaired) electrons. The maximum Gasteiger partial charge on any atom is 0.304 e. The van der Waals surface area contributed by atoms with Gasteiger partial charge in [0, 0.05) is 34.5 Å². The molecule has 6 heteroatoms. The number of halogens is 1. The van der Waals surface area contributed by atoms with Crippen molar-refractivity contribution in [3.05, 3.63) is 49.9 Å². The number of alkyl halides is 1. The minimum absolute atomic E-state index is 0.0189. The highest BCUT2D eigenvalue weighted by molar-refractivity contribution is 7.14. The molecule has 1 aliphatic rings. The minimum Gasteiger partial charge on any atom is -0.481 e. The number of hydrogen-bond donors (Lipinski definition) is 1. The predicted octanol–water partition coefficient (Wildman–Crippen LogP) is 5.14. The van der Waals surface area contributed by atoms with Gasteiger partial charge in [0.25, 0.3) is 0 Å². The molecule has 1 fully saturated rings. The molecule has 1 aliphatic heterocycles. The number of thiophene rings is 2. The van der Waals surface area contributed by atoms with Crippen LogP contribution in [0.4, 0.5) is 4.39 Å². The lowest BCUT2D eigenvalue weighted by Gasteiger charge is -2.22. The van der Waals surface area contributed by atoms with Crippen LogP contribution in [0.15, 0.2) is 29.0 Å². The zero-order valence-electron chi connectivity index (χ0n) is 15.1. The van der Waals surface area contributed by atoms with Gasteiger partial charge >= 0.3 is 5.97 Å². The molecule has 0 unspecified atom stereocenters. The molecule has 140 valence electrons. The van der Waals surface area contributed by atoms with Crippen LogP contribution in [0.5, 0.6) is 0 Å². The summed E-state index contributed by atoms with van der Waals surface area (Å²) in [5.41, 5.74) is 3.78. The summed E-state index contributed by atoms with van der Waals surface area (Å²) in [6.45, 7) is 5.28. The molecule has 0 aromatic carbocycles. The molecular weight excluding hydrogens is 369 g/mol. The van der Waals surface area contributed by atoms with Crippen molar-refractivity contribution >= 4 is 34.2 Å². The molecule has 3 heterocycles. The lowest BCUT2D eigenvalue weighted by Crippen LogP contribution is -2.32. The maximum absolute atomic E-state index is 13.8. The molecule has 0 amide bonds. The highest BCUT2D eigenvalue weighted by atomic mass is 32.1. The summed E-state index contributed by atoms with van der Waals surface area (Å²) in [5.74, 6) is -0.853. The Labute approximate surface area is 161 Å². The molecule has 3 rings (SSSR count). The fraction of sp³-hybridized carbons (Fsp3) is 0.450. The van der Waals surface area contributed by atoms with Gasteiger partial charge in [0.15, 0.2) is 0 Å². The van der Waals surface area contributed by atoms with E-state index in [9.17, 15) is 9.18 Å². The number of carboxylic acid groups (broad SMARTS) is 1. The van der Waals surface area contributed by atoms with Crippen LogP contribution in [0.2, 0.25) is 0 Å². The van der Waals surface area contributed by atoms with Crippen LogP contribution >= 0.6 is 22.7 Å². The first-order valence-electron chi connectivity index (χ1n) is 8.84. The third-order valence-electron chi connectivity index (χ3n) is 4.87. The van der Waals surface area contributed by atoms with Gasteiger partial charge in [0.2, 0.25) is 0 Å². The summed E-state index contributed by atoms with van der Waals surface area (Å²) >= 11 is 3.49. The van der Waals surface area contributed by atoms with Crippen molar-refractivity contribution in [2.45, 2.75) is 45.3 Å². The van der Waals surface area contributed by atoms with Gasteiger partial charge in [-0.1, -0.05) is 6.08 Å². The Morgan fingerprint density at radius 1 is 1.27 bits per heavy atom. The topological polar surface area (TPSA) is 40.5 Å². The van der Waals surface area contributed by atoms with Gasteiger partial charge < -0.3 is 5.11 Å². The average molecular weight is 394 g/mol. The van der Waals surface area contributed by atoms with Gasteiger partial charge in [0.05, 0.1) is 6.42 Å². The monoisotopic (exact) mass is 393 g/mol. The van der Waals surface area contributed by atoms with E-state index in [1.165, 1.54) is 26.5 Å². The standard InChI is InChI=1S/C20H24FNO2S2/c1-13-5-8-25-19(13)17(20-14(2)6-9-26-20)4-3-7-22-12-15(21)10-16(22)11-18(23)24/h4-6,8-9,15-16H,3,7,10-12H2,1-2H3,(H,23,24)/t15-,16+/m0/s1. The number of hydrogen-bond acceptors (Lipinski definition) is 4. The van der Waals surface area contributed by atoms with Gasteiger partial charge in [-0.3, -0.25) is 9.69 Å². The van der Waals surface area contributed by atoms with Gasteiger partial charge in [-0.05, 0) is 60.7 Å². The van der Waals surface area contributed by atoms with E-state index in [-0.39, 0.29) is 12.5 Å². The SMILES string of the molecule is Cc1ccsc1C(=CCCN1C[C@@H](F)C[C@@H]1CC(=O)O)c1sccc1C. The zero-order chi connectivity index (χ0) is 18.7. The number of nitrogens with zero attached hydrogens (tertiary/aromatic N) is 1. The summed E-state index contributed by atoms with van der Waals surface area (Å²) < 4.78 is 13.8. The van der Waals surface area contributed by atoms with Gasteiger partial charge in [-0.2, -0.15) is 0 Å². The third kappa shape index (κ3) is 4.42. The van der Waals surface area contributed by atoms with Crippen molar-refractivity contribution in [3.8, 4) is 0 Å². The molecule has 2 atom stereocenters. The van der Waals surface area contributed by atoms with E-state index in [1.807, 2.05) is 4.90 Å². The Hall–Kier alpha value is -1.50. The van der Waals surface area contributed by atoms with Crippen LogP contribution in [0, 0.1) is 13.8 Å². The number of likely N-dealkylation sites (tertiary alicyclic amines) is 1. The Balaban J connectivity index is 1.76. The molecule has 0 saturated carbocycles. The quantitative estimate of drug-likeness (QED) is 0.708. The van der Waals surface area contributed by atoms with E-state index in [4.69, 9.17) is 5.11 Å². The highest BCUT2D eigenvalue weighted by Gasteiger charge is 2.32. The van der Waals surface area contributed by atoms with E-state index in [1.54, 1.807) is 22.7 Å².